The predicted octanol–water partition coefficient (Wildman–Crippen LogP) is 5.66. The third kappa shape index (κ3) is 16.7. The Morgan fingerprint density at radius 2 is 1.30 bits per heavy atom. The predicted molar refractivity (Wildman–Crippen MR) is 86.9 cm³/mol. The minimum absolute atomic E-state index is 0.290. The summed E-state index contributed by atoms with van der Waals surface area (Å²) in [5.41, 5.74) is 0. The molecule has 0 unspecified atom stereocenters. The van der Waals surface area contributed by atoms with Crippen molar-refractivity contribution in [1.82, 2.24) is 0 Å². The summed E-state index contributed by atoms with van der Waals surface area (Å²) in [6.45, 7) is 2.23. The summed E-state index contributed by atoms with van der Waals surface area (Å²) in [6.07, 6.45) is 23.3. The van der Waals surface area contributed by atoms with Gasteiger partial charge in [0, 0.05) is 6.42 Å². The van der Waals surface area contributed by atoms with Crippen LogP contribution < -0.4 is 0 Å². The molecule has 0 spiro atoms. The molecular weight excluding hydrogens is 248 g/mol. The second kappa shape index (κ2) is 15.7. The summed E-state index contributed by atoms with van der Waals surface area (Å²) in [4.78, 5) is 10.3. The van der Waals surface area contributed by atoms with Gasteiger partial charge in [-0.15, -0.1) is 0 Å². The van der Waals surface area contributed by atoms with Crippen LogP contribution in [0.2, 0.25) is 0 Å². The molecule has 0 bridgehead atoms. The molecule has 20 heavy (non-hydrogen) atoms. The fourth-order valence-electron chi connectivity index (χ4n) is 1.83. The molecule has 0 aliphatic rings. The van der Waals surface area contributed by atoms with Crippen molar-refractivity contribution in [2.75, 3.05) is 0 Å². The van der Waals surface area contributed by atoms with Crippen molar-refractivity contribution in [3.63, 3.8) is 0 Å². The second-order valence-electron chi connectivity index (χ2n) is 5.02. The van der Waals surface area contributed by atoms with E-state index in [-0.39, 0.29) is 0 Å². The highest BCUT2D eigenvalue weighted by Crippen LogP contribution is 2.02. The first-order chi connectivity index (χ1) is 9.77. The number of unbranched alkanes of at least 4 members (excludes halogenated alkanes) is 5. The number of aliphatic carboxylic acids is 1. The SMILES string of the molecule is CCCCCC=CC/C=C\C/C=C\CCCCC(=O)O. The Hall–Kier alpha value is -1.31. The van der Waals surface area contributed by atoms with Gasteiger partial charge in [-0.1, -0.05) is 56.2 Å². The Bertz CT molecular complexity index is 301. The molecule has 0 aromatic rings. The molecule has 0 atom stereocenters. The first-order valence-corrected chi connectivity index (χ1v) is 7.94. The summed E-state index contributed by atoms with van der Waals surface area (Å²) in [5.74, 6) is -0.695. The van der Waals surface area contributed by atoms with Gasteiger partial charge in [0.15, 0.2) is 0 Å². The van der Waals surface area contributed by atoms with Crippen LogP contribution in [0.25, 0.3) is 0 Å². The third-order valence-electron chi connectivity index (χ3n) is 3.03. The van der Waals surface area contributed by atoms with Crippen LogP contribution in [0.5, 0.6) is 0 Å². The zero-order valence-corrected chi connectivity index (χ0v) is 12.9. The maximum absolute atomic E-state index is 10.3. The van der Waals surface area contributed by atoms with Gasteiger partial charge in [-0.2, -0.15) is 0 Å². The molecular formula is C18H30O2. The summed E-state index contributed by atoms with van der Waals surface area (Å²) < 4.78 is 0. The molecule has 0 fully saturated rings. The molecule has 0 radical (unpaired) electrons. The number of hydrogen-bond donors (Lipinski definition) is 1. The van der Waals surface area contributed by atoms with Crippen LogP contribution in [0, 0.1) is 0 Å². The number of carboxylic acid groups (broad SMARTS) is 1. The Kier molecular flexibility index (Phi) is 14.7. The lowest BCUT2D eigenvalue weighted by Crippen LogP contribution is -1.92. The molecule has 2 nitrogen and oxygen atoms in total. The van der Waals surface area contributed by atoms with Gasteiger partial charge >= 0.3 is 5.97 Å². The topological polar surface area (TPSA) is 37.3 Å². The number of rotatable bonds is 13. The quantitative estimate of drug-likeness (QED) is 0.348. The molecule has 0 aliphatic carbocycles. The van der Waals surface area contributed by atoms with Gasteiger partial charge < -0.3 is 5.11 Å². The van der Waals surface area contributed by atoms with Crippen LogP contribution >= 0.6 is 0 Å². The van der Waals surface area contributed by atoms with Crippen LogP contribution in [0.4, 0.5) is 0 Å². The van der Waals surface area contributed by atoms with E-state index in [0.29, 0.717) is 6.42 Å². The Morgan fingerprint density at radius 3 is 1.80 bits per heavy atom. The van der Waals surface area contributed by atoms with Crippen molar-refractivity contribution in [1.29, 1.82) is 0 Å². The fourth-order valence-corrected chi connectivity index (χ4v) is 1.83. The minimum atomic E-state index is -0.695. The Balaban J connectivity index is 3.32. The lowest BCUT2D eigenvalue weighted by Gasteiger charge is -1.92. The van der Waals surface area contributed by atoms with E-state index < -0.39 is 5.97 Å². The summed E-state index contributed by atoms with van der Waals surface area (Å²) in [5, 5.41) is 8.48. The van der Waals surface area contributed by atoms with Gasteiger partial charge in [0.25, 0.3) is 0 Å². The van der Waals surface area contributed by atoms with Gasteiger partial charge in [0.2, 0.25) is 0 Å². The van der Waals surface area contributed by atoms with Crippen molar-refractivity contribution in [2.45, 2.75) is 71.1 Å². The molecule has 0 aliphatic heterocycles. The highest BCUT2D eigenvalue weighted by Gasteiger charge is 1.93. The van der Waals surface area contributed by atoms with Gasteiger partial charge in [0.05, 0.1) is 0 Å². The van der Waals surface area contributed by atoms with Gasteiger partial charge in [-0.3, -0.25) is 4.79 Å². The maximum Gasteiger partial charge on any atom is 0.303 e. The summed E-state index contributed by atoms with van der Waals surface area (Å²) >= 11 is 0. The molecule has 2 heteroatoms. The summed E-state index contributed by atoms with van der Waals surface area (Å²) in [7, 11) is 0. The lowest BCUT2D eigenvalue weighted by atomic mass is 10.2. The Morgan fingerprint density at radius 1 is 0.800 bits per heavy atom. The normalized spacial score (nSPS) is 12.1. The first kappa shape index (κ1) is 18.7. The molecule has 0 rings (SSSR count). The average Bonchev–Trinajstić information content (AvgIpc) is 2.43. The maximum atomic E-state index is 10.3. The number of carbonyl (C=O) groups is 1. The van der Waals surface area contributed by atoms with Crippen LogP contribution in [-0.4, -0.2) is 11.1 Å². The Labute approximate surface area is 124 Å². The van der Waals surface area contributed by atoms with Gasteiger partial charge in [0.1, 0.15) is 0 Å². The van der Waals surface area contributed by atoms with E-state index in [1.165, 1.54) is 25.7 Å². The summed E-state index contributed by atoms with van der Waals surface area (Å²) in [6, 6.07) is 0. The zero-order chi connectivity index (χ0) is 14.9. The molecule has 1 N–H and O–H groups in total. The lowest BCUT2D eigenvalue weighted by molar-refractivity contribution is -0.137. The minimum Gasteiger partial charge on any atom is -0.481 e. The largest absolute Gasteiger partial charge is 0.481 e. The van der Waals surface area contributed by atoms with Gasteiger partial charge in [-0.05, 0) is 44.9 Å². The molecule has 0 amide bonds. The van der Waals surface area contributed by atoms with E-state index in [2.05, 4.69) is 43.4 Å². The van der Waals surface area contributed by atoms with E-state index in [1.54, 1.807) is 0 Å². The van der Waals surface area contributed by atoms with Crippen molar-refractivity contribution in [3.05, 3.63) is 36.5 Å². The highest BCUT2D eigenvalue weighted by atomic mass is 16.4. The smallest absolute Gasteiger partial charge is 0.303 e. The molecule has 0 saturated heterocycles. The van der Waals surface area contributed by atoms with E-state index in [1.807, 2.05) is 0 Å². The molecule has 114 valence electrons. The number of allylic oxidation sites excluding steroid dienone is 6. The van der Waals surface area contributed by atoms with E-state index >= 15 is 0 Å². The van der Waals surface area contributed by atoms with Crippen molar-refractivity contribution < 1.29 is 9.90 Å². The van der Waals surface area contributed by atoms with E-state index in [0.717, 1.165) is 32.1 Å². The average molecular weight is 278 g/mol. The molecule has 0 aromatic heterocycles. The molecule has 0 saturated carbocycles. The number of carboxylic acids is 1. The van der Waals surface area contributed by atoms with E-state index in [4.69, 9.17) is 5.11 Å². The van der Waals surface area contributed by atoms with Crippen molar-refractivity contribution >= 4 is 5.97 Å². The van der Waals surface area contributed by atoms with Crippen molar-refractivity contribution in [3.8, 4) is 0 Å². The zero-order valence-electron chi connectivity index (χ0n) is 12.9. The molecule has 0 heterocycles. The fraction of sp³-hybridized carbons (Fsp3) is 0.611. The monoisotopic (exact) mass is 278 g/mol. The third-order valence-corrected chi connectivity index (χ3v) is 3.03. The van der Waals surface area contributed by atoms with Crippen LogP contribution in [-0.2, 0) is 4.79 Å². The van der Waals surface area contributed by atoms with E-state index in [9.17, 15) is 4.79 Å². The first-order valence-electron chi connectivity index (χ1n) is 7.94. The number of hydrogen-bond acceptors (Lipinski definition) is 1. The molecule has 0 aromatic carbocycles. The van der Waals surface area contributed by atoms with Gasteiger partial charge in [-0.25, -0.2) is 0 Å². The van der Waals surface area contributed by atoms with Crippen LogP contribution in [0.1, 0.15) is 71.1 Å². The second-order valence-corrected chi connectivity index (χ2v) is 5.02. The van der Waals surface area contributed by atoms with Crippen molar-refractivity contribution in [2.24, 2.45) is 0 Å². The van der Waals surface area contributed by atoms with Crippen LogP contribution in [0.3, 0.4) is 0 Å². The standard InChI is InChI=1S/C18H30O2/c1-2-3-4-5-6-7-8-9-10-11-12-13-14-15-16-17-18(19)20/h6-7,9-10,12-13H,2-5,8,11,14-17H2,1H3,(H,19,20)/b7-6?,10-9-,13-12-. The highest BCUT2D eigenvalue weighted by molar-refractivity contribution is 5.66. The van der Waals surface area contributed by atoms with Crippen LogP contribution in [0.15, 0.2) is 36.5 Å².